The van der Waals surface area contributed by atoms with Gasteiger partial charge in [0.25, 0.3) is 11.8 Å². The highest BCUT2D eigenvalue weighted by Gasteiger charge is 2.09. The fourth-order valence-electron chi connectivity index (χ4n) is 2.98. The Balaban J connectivity index is 1.36. The number of hydrogen-bond acceptors (Lipinski definition) is 4. The van der Waals surface area contributed by atoms with Crippen molar-refractivity contribution in [1.29, 1.82) is 0 Å². The summed E-state index contributed by atoms with van der Waals surface area (Å²) in [5.74, 6) is 0.0360. The summed E-state index contributed by atoms with van der Waals surface area (Å²) < 4.78 is 5.61. The number of carbonyl (C=O) groups is 2. The quantitative estimate of drug-likeness (QED) is 0.502. The molecule has 0 spiro atoms. The van der Waals surface area contributed by atoms with Crippen molar-refractivity contribution in [2.75, 3.05) is 17.2 Å². The van der Waals surface area contributed by atoms with Crippen molar-refractivity contribution in [2.24, 2.45) is 0 Å². The summed E-state index contributed by atoms with van der Waals surface area (Å²) in [6, 6.07) is 23.7. The van der Waals surface area contributed by atoms with Crippen LogP contribution in [0.2, 0.25) is 0 Å². The average Bonchev–Trinajstić information content (AvgIpc) is 2.78. The number of fused-ring (bicyclic) bond motifs is 1. The number of rotatable bonds is 6. The Hall–Kier alpha value is -4.19. The van der Waals surface area contributed by atoms with Gasteiger partial charge in [0, 0.05) is 29.3 Å². The van der Waals surface area contributed by atoms with Gasteiger partial charge in [0.05, 0.1) is 0 Å². The highest BCUT2D eigenvalue weighted by atomic mass is 16.5. The van der Waals surface area contributed by atoms with Gasteiger partial charge in [-0.2, -0.15) is 0 Å². The van der Waals surface area contributed by atoms with Crippen molar-refractivity contribution in [1.82, 2.24) is 4.98 Å². The van der Waals surface area contributed by atoms with Crippen LogP contribution in [0.5, 0.6) is 5.75 Å². The second kappa shape index (κ2) is 8.87. The largest absolute Gasteiger partial charge is 0.484 e. The van der Waals surface area contributed by atoms with E-state index < -0.39 is 0 Å². The molecule has 0 atom stereocenters. The van der Waals surface area contributed by atoms with Crippen LogP contribution in [0.15, 0.2) is 91.3 Å². The number of nitrogens with one attached hydrogen (secondary N) is 2. The molecule has 0 bridgehead atoms. The van der Waals surface area contributed by atoms with Crippen molar-refractivity contribution < 1.29 is 14.3 Å². The maximum atomic E-state index is 12.4. The number of nitrogens with zero attached hydrogens (tertiary/aromatic N) is 1. The Labute approximate surface area is 173 Å². The van der Waals surface area contributed by atoms with Crippen LogP contribution in [-0.4, -0.2) is 23.4 Å². The van der Waals surface area contributed by atoms with Crippen LogP contribution in [0, 0.1) is 0 Å². The maximum Gasteiger partial charge on any atom is 0.262 e. The third kappa shape index (κ3) is 4.80. The maximum absolute atomic E-state index is 12.4. The van der Waals surface area contributed by atoms with Gasteiger partial charge in [0.15, 0.2) is 6.61 Å². The number of amides is 2. The minimum absolute atomic E-state index is 0.133. The van der Waals surface area contributed by atoms with E-state index >= 15 is 0 Å². The number of hydrogen-bond donors (Lipinski definition) is 2. The van der Waals surface area contributed by atoms with E-state index in [0.717, 1.165) is 10.8 Å². The third-order valence-electron chi connectivity index (χ3n) is 4.44. The number of carbonyl (C=O) groups excluding carboxylic acids is 2. The van der Waals surface area contributed by atoms with E-state index in [4.69, 9.17) is 4.74 Å². The summed E-state index contributed by atoms with van der Waals surface area (Å²) in [7, 11) is 0. The average molecular weight is 397 g/mol. The molecule has 0 aliphatic heterocycles. The zero-order chi connectivity index (χ0) is 20.8. The Morgan fingerprint density at radius 1 is 0.767 bits per heavy atom. The predicted octanol–water partition coefficient (Wildman–Crippen LogP) is 4.50. The summed E-state index contributed by atoms with van der Waals surface area (Å²) in [6.07, 6.45) is 3.20. The monoisotopic (exact) mass is 397 g/mol. The van der Waals surface area contributed by atoms with E-state index in [1.165, 1.54) is 0 Å². The molecule has 0 radical (unpaired) electrons. The minimum Gasteiger partial charge on any atom is -0.484 e. The molecule has 2 amide bonds. The molecule has 4 aromatic rings. The lowest BCUT2D eigenvalue weighted by atomic mass is 10.1. The number of ether oxygens (including phenoxy) is 1. The number of anilines is 2. The standard InChI is InChI=1S/C24H19N3O3/c28-23(16-30-22-9-8-17-4-1-2-5-18(17)15-22)26-21-7-3-6-19(14-21)24(29)27-20-10-12-25-13-11-20/h1-15H,16H2,(H,26,28)(H,25,27,29). The molecule has 0 saturated heterocycles. The molecule has 0 saturated carbocycles. The van der Waals surface area contributed by atoms with E-state index in [2.05, 4.69) is 15.6 Å². The van der Waals surface area contributed by atoms with E-state index in [0.29, 0.717) is 22.7 Å². The molecule has 30 heavy (non-hydrogen) atoms. The lowest BCUT2D eigenvalue weighted by Crippen LogP contribution is -2.20. The Morgan fingerprint density at radius 2 is 1.57 bits per heavy atom. The smallest absolute Gasteiger partial charge is 0.262 e. The molecule has 6 nitrogen and oxygen atoms in total. The van der Waals surface area contributed by atoms with Gasteiger partial charge >= 0.3 is 0 Å². The van der Waals surface area contributed by atoms with E-state index in [1.807, 2.05) is 42.5 Å². The van der Waals surface area contributed by atoms with E-state index in [-0.39, 0.29) is 18.4 Å². The van der Waals surface area contributed by atoms with Gasteiger partial charge in [-0.3, -0.25) is 14.6 Å². The molecule has 6 heteroatoms. The first kappa shape index (κ1) is 19.1. The Morgan fingerprint density at radius 3 is 2.40 bits per heavy atom. The van der Waals surface area contributed by atoms with Gasteiger partial charge in [0.2, 0.25) is 0 Å². The molecule has 2 N–H and O–H groups in total. The summed E-state index contributed by atoms with van der Waals surface area (Å²) in [6.45, 7) is -0.133. The number of pyridine rings is 1. The van der Waals surface area contributed by atoms with Crippen molar-refractivity contribution in [3.8, 4) is 5.75 Å². The molecule has 4 rings (SSSR count). The fourth-order valence-corrected chi connectivity index (χ4v) is 2.98. The Kier molecular flexibility index (Phi) is 5.66. The van der Waals surface area contributed by atoms with Crippen molar-refractivity contribution in [3.05, 3.63) is 96.8 Å². The first-order valence-electron chi connectivity index (χ1n) is 9.40. The first-order valence-corrected chi connectivity index (χ1v) is 9.40. The van der Waals surface area contributed by atoms with Crippen LogP contribution in [-0.2, 0) is 4.79 Å². The molecule has 1 heterocycles. The molecule has 0 unspecified atom stereocenters. The molecule has 0 aliphatic rings. The van der Waals surface area contributed by atoms with Gasteiger partial charge in [-0.1, -0.05) is 36.4 Å². The number of benzene rings is 3. The second-order valence-corrected chi connectivity index (χ2v) is 6.62. The molecule has 3 aromatic carbocycles. The van der Waals surface area contributed by atoms with Crippen LogP contribution in [0.25, 0.3) is 10.8 Å². The van der Waals surface area contributed by atoms with Crippen LogP contribution in [0.3, 0.4) is 0 Å². The van der Waals surface area contributed by atoms with Crippen LogP contribution in [0.4, 0.5) is 11.4 Å². The third-order valence-corrected chi connectivity index (χ3v) is 4.44. The zero-order valence-electron chi connectivity index (χ0n) is 16.0. The second-order valence-electron chi connectivity index (χ2n) is 6.62. The fraction of sp³-hybridized carbons (Fsp3) is 0.0417. The normalized spacial score (nSPS) is 10.4. The van der Waals surface area contributed by atoms with Gasteiger partial charge < -0.3 is 15.4 Å². The van der Waals surface area contributed by atoms with Gasteiger partial charge in [-0.05, 0) is 53.2 Å². The van der Waals surface area contributed by atoms with Crippen molar-refractivity contribution >= 4 is 34.0 Å². The van der Waals surface area contributed by atoms with Gasteiger partial charge in [-0.15, -0.1) is 0 Å². The minimum atomic E-state index is -0.310. The van der Waals surface area contributed by atoms with E-state index in [1.54, 1.807) is 48.8 Å². The molecule has 0 fully saturated rings. The molecule has 0 aliphatic carbocycles. The molecule has 1 aromatic heterocycles. The lowest BCUT2D eigenvalue weighted by molar-refractivity contribution is -0.118. The van der Waals surface area contributed by atoms with Crippen molar-refractivity contribution in [2.45, 2.75) is 0 Å². The van der Waals surface area contributed by atoms with Crippen LogP contribution in [0.1, 0.15) is 10.4 Å². The van der Waals surface area contributed by atoms with E-state index in [9.17, 15) is 9.59 Å². The molecular formula is C24H19N3O3. The van der Waals surface area contributed by atoms with Crippen molar-refractivity contribution in [3.63, 3.8) is 0 Å². The summed E-state index contributed by atoms with van der Waals surface area (Å²) in [5, 5.41) is 7.69. The summed E-state index contributed by atoms with van der Waals surface area (Å²) in [4.78, 5) is 28.6. The molecule has 148 valence electrons. The van der Waals surface area contributed by atoms with Crippen LogP contribution < -0.4 is 15.4 Å². The van der Waals surface area contributed by atoms with Crippen LogP contribution >= 0.6 is 0 Å². The van der Waals surface area contributed by atoms with Gasteiger partial charge in [-0.25, -0.2) is 0 Å². The summed E-state index contributed by atoms with van der Waals surface area (Å²) >= 11 is 0. The highest BCUT2D eigenvalue weighted by Crippen LogP contribution is 2.20. The molecular weight excluding hydrogens is 378 g/mol. The Bertz CT molecular complexity index is 1190. The predicted molar refractivity (Wildman–Crippen MR) is 117 cm³/mol. The summed E-state index contributed by atoms with van der Waals surface area (Å²) in [5.41, 5.74) is 1.60. The first-order chi connectivity index (χ1) is 14.7. The van der Waals surface area contributed by atoms with Gasteiger partial charge in [0.1, 0.15) is 5.75 Å². The SMILES string of the molecule is O=C(COc1ccc2ccccc2c1)Nc1cccc(C(=O)Nc2ccncc2)c1. The lowest BCUT2D eigenvalue weighted by Gasteiger charge is -2.10. The zero-order valence-corrected chi connectivity index (χ0v) is 16.0. The number of aromatic nitrogens is 1. The topological polar surface area (TPSA) is 80.3 Å². The highest BCUT2D eigenvalue weighted by molar-refractivity contribution is 6.05.